The molecule has 1 heterocycles. The summed E-state index contributed by atoms with van der Waals surface area (Å²) in [7, 11) is 0. The van der Waals surface area contributed by atoms with E-state index in [1.54, 1.807) is 6.07 Å². The van der Waals surface area contributed by atoms with Gasteiger partial charge in [0.2, 0.25) is 0 Å². The van der Waals surface area contributed by atoms with Crippen LogP contribution in [0.4, 0.5) is 10.1 Å². The van der Waals surface area contributed by atoms with Gasteiger partial charge in [0.1, 0.15) is 5.82 Å². The lowest BCUT2D eigenvalue weighted by molar-refractivity contribution is 0.627. The van der Waals surface area contributed by atoms with E-state index in [9.17, 15) is 4.39 Å². The van der Waals surface area contributed by atoms with Crippen LogP contribution in [0.1, 0.15) is 11.3 Å². The largest absolute Gasteiger partial charge is 0.380 e. The number of anilines is 1. The summed E-state index contributed by atoms with van der Waals surface area (Å²) in [5, 5.41) is 3.26. The van der Waals surface area contributed by atoms with Gasteiger partial charge in [0, 0.05) is 27.7 Å². The Kier molecular flexibility index (Phi) is 3.93. The molecule has 0 bridgehead atoms. The summed E-state index contributed by atoms with van der Waals surface area (Å²) in [4.78, 5) is 4.23. The van der Waals surface area contributed by atoms with Crippen molar-refractivity contribution >= 4 is 28.3 Å². The van der Waals surface area contributed by atoms with Crippen molar-refractivity contribution in [3.05, 3.63) is 57.2 Å². The third-order valence-electron chi connectivity index (χ3n) is 2.39. The highest BCUT2D eigenvalue weighted by Crippen LogP contribution is 2.19. The van der Waals surface area contributed by atoms with Gasteiger partial charge in [-0.1, -0.05) is 6.07 Å². The minimum atomic E-state index is -0.211. The predicted octanol–water partition coefficient (Wildman–Crippen LogP) is 3.75. The number of aryl methyl sites for hydroxylation is 1. The van der Waals surface area contributed by atoms with Crippen molar-refractivity contribution in [2.75, 3.05) is 5.32 Å². The van der Waals surface area contributed by atoms with E-state index in [-0.39, 0.29) is 5.82 Å². The maximum atomic E-state index is 12.9. The van der Waals surface area contributed by atoms with Crippen molar-refractivity contribution in [2.45, 2.75) is 13.5 Å². The molecule has 4 heteroatoms. The number of rotatable bonds is 3. The molecule has 1 aromatic carbocycles. The van der Waals surface area contributed by atoms with Crippen LogP contribution in [0, 0.1) is 16.3 Å². The Hall–Kier alpha value is -1.17. The zero-order valence-electron chi connectivity index (χ0n) is 9.37. The Bertz CT molecular complexity index is 511. The number of aromatic nitrogens is 1. The van der Waals surface area contributed by atoms with Crippen molar-refractivity contribution in [1.82, 2.24) is 4.98 Å². The van der Waals surface area contributed by atoms with E-state index in [2.05, 4.69) is 32.9 Å². The fraction of sp³-hybridized carbons (Fsp3) is 0.154. The second kappa shape index (κ2) is 5.44. The second-order valence-electron chi connectivity index (χ2n) is 3.79. The second-order valence-corrected chi connectivity index (χ2v) is 4.95. The topological polar surface area (TPSA) is 24.9 Å². The minimum Gasteiger partial charge on any atom is -0.380 e. The summed E-state index contributed by atoms with van der Waals surface area (Å²) in [5.74, 6) is -0.211. The summed E-state index contributed by atoms with van der Waals surface area (Å²) in [6.45, 7) is 2.65. The van der Waals surface area contributed by atoms with E-state index >= 15 is 0 Å². The third kappa shape index (κ3) is 3.39. The molecule has 0 saturated carbocycles. The maximum absolute atomic E-state index is 12.9. The van der Waals surface area contributed by atoms with Crippen LogP contribution in [0.5, 0.6) is 0 Å². The SMILES string of the molecule is Cc1ccc(CNc2ccc(F)cc2I)cn1. The first-order valence-corrected chi connectivity index (χ1v) is 6.33. The van der Waals surface area contributed by atoms with E-state index < -0.39 is 0 Å². The Morgan fingerprint density at radius 2 is 2.12 bits per heavy atom. The Balaban J connectivity index is 2.04. The summed E-state index contributed by atoms with van der Waals surface area (Å²) >= 11 is 2.12. The van der Waals surface area contributed by atoms with Crippen LogP contribution in [0.25, 0.3) is 0 Å². The lowest BCUT2D eigenvalue weighted by Crippen LogP contribution is -2.01. The molecule has 0 aliphatic carbocycles. The van der Waals surface area contributed by atoms with Crippen LogP contribution >= 0.6 is 22.6 Å². The smallest absolute Gasteiger partial charge is 0.124 e. The van der Waals surface area contributed by atoms with E-state index in [0.717, 1.165) is 20.5 Å². The van der Waals surface area contributed by atoms with E-state index in [4.69, 9.17) is 0 Å². The molecule has 1 aromatic heterocycles. The highest BCUT2D eigenvalue weighted by molar-refractivity contribution is 14.1. The third-order valence-corrected chi connectivity index (χ3v) is 3.28. The molecule has 0 fully saturated rings. The summed E-state index contributed by atoms with van der Waals surface area (Å²) in [5.41, 5.74) is 3.05. The van der Waals surface area contributed by atoms with Crippen molar-refractivity contribution in [3.63, 3.8) is 0 Å². The molecule has 0 atom stereocenters. The van der Waals surface area contributed by atoms with Gasteiger partial charge in [0.05, 0.1) is 0 Å². The van der Waals surface area contributed by atoms with Crippen LogP contribution in [0.3, 0.4) is 0 Å². The fourth-order valence-corrected chi connectivity index (χ4v) is 2.10. The van der Waals surface area contributed by atoms with Gasteiger partial charge in [-0.15, -0.1) is 0 Å². The van der Waals surface area contributed by atoms with Crippen LogP contribution < -0.4 is 5.32 Å². The van der Waals surface area contributed by atoms with E-state index in [1.165, 1.54) is 12.1 Å². The fourth-order valence-electron chi connectivity index (χ4n) is 1.43. The van der Waals surface area contributed by atoms with Crippen molar-refractivity contribution in [1.29, 1.82) is 0 Å². The highest BCUT2D eigenvalue weighted by Gasteiger charge is 2.01. The Labute approximate surface area is 113 Å². The summed E-state index contributed by atoms with van der Waals surface area (Å²) in [6.07, 6.45) is 1.85. The van der Waals surface area contributed by atoms with Gasteiger partial charge in [-0.3, -0.25) is 4.98 Å². The maximum Gasteiger partial charge on any atom is 0.124 e. The Morgan fingerprint density at radius 1 is 1.29 bits per heavy atom. The molecule has 2 aromatic rings. The first-order chi connectivity index (χ1) is 8.15. The predicted molar refractivity (Wildman–Crippen MR) is 75.4 cm³/mol. The van der Waals surface area contributed by atoms with Crippen LogP contribution in [0.15, 0.2) is 36.5 Å². The number of pyridine rings is 1. The molecule has 0 radical (unpaired) electrons. The summed E-state index contributed by atoms with van der Waals surface area (Å²) < 4.78 is 13.8. The van der Waals surface area contributed by atoms with Gasteiger partial charge in [-0.05, 0) is 59.3 Å². The number of hydrogen-bond acceptors (Lipinski definition) is 2. The normalized spacial score (nSPS) is 10.3. The lowest BCUT2D eigenvalue weighted by atomic mass is 10.2. The van der Waals surface area contributed by atoms with Gasteiger partial charge >= 0.3 is 0 Å². The van der Waals surface area contributed by atoms with Crippen molar-refractivity contribution < 1.29 is 4.39 Å². The average molecular weight is 342 g/mol. The molecule has 0 saturated heterocycles. The molecule has 0 aliphatic rings. The van der Waals surface area contributed by atoms with Gasteiger partial charge < -0.3 is 5.32 Å². The van der Waals surface area contributed by atoms with Crippen molar-refractivity contribution in [3.8, 4) is 0 Å². The first kappa shape index (κ1) is 12.3. The number of nitrogens with zero attached hydrogens (tertiary/aromatic N) is 1. The summed E-state index contributed by atoms with van der Waals surface area (Å²) in [6, 6.07) is 8.73. The van der Waals surface area contributed by atoms with Crippen LogP contribution in [0.2, 0.25) is 0 Å². The zero-order valence-corrected chi connectivity index (χ0v) is 11.5. The molecule has 1 N–H and O–H groups in total. The number of halogens is 2. The molecule has 2 rings (SSSR count). The lowest BCUT2D eigenvalue weighted by Gasteiger charge is -2.08. The van der Waals surface area contributed by atoms with E-state index in [1.807, 2.05) is 25.3 Å². The average Bonchev–Trinajstić information content (AvgIpc) is 2.30. The number of hydrogen-bond donors (Lipinski definition) is 1. The van der Waals surface area contributed by atoms with Gasteiger partial charge in [-0.25, -0.2) is 4.39 Å². The number of nitrogens with one attached hydrogen (secondary N) is 1. The molecule has 0 aliphatic heterocycles. The zero-order chi connectivity index (χ0) is 12.3. The van der Waals surface area contributed by atoms with Crippen molar-refractivity contribution in [2.24, 2.45) is 0 Å². The standard InChI is InChI=1S/C13H12FIN2/c1-9-2-3-10(7-16-9)8-17-13-5-4-11(14)6-12(13)15/h2-7,17H,8H2,1H3. The molecule has 88 valence electrons. The highest BCUT2D eigenvalue weighted by atomic mass is 127. The van der Waals surface area contributed by atoms with Gasteiger partial charge in [0.15, 0.2) is 0 Å². The molecular formula is C13H12FIN2. The van der Waals surface area contributed by atoms with Crippen LogP contribution in [-0.2, 0) is 6.54 Å². The molecule has 0 unspecified atom stereocenters. The Morgan fingerprint density at radius 3 is 2.76 bits per heavy atom. The monoisotopic (exact) mass is 342 g/mol. The minimum absolute atomic E-state index is 0.211. The quantitative estimate of drug-likeness (QED) is 0.860. The number of benzene rings is 1. The molecule has 0 spiro atoms. The molecule has 2 nitrogen and oxygen atoms in total. The first-order valence-electron chi connectivity index (χ1n) is 5.25. The van der Waals surface area contributed by atoms with Crippen LogP contribution in [-0.4, -0.2) is 4.98 Å². The van der Waals surface area contributed by atoms with Gasteiger partial charge in [0.25, 0.3) is 0 Å². The molecule has 0 amide bonds. The molecule has 17 heavy (non-hydrogen) atoms. The van der Waals surface area contributed by atoms with Gasteiger partial charge in [-0.2, -0.15) is 0 Å². The van der Waals surface area contributed by atoms with E-state index in [0.29, 0.717) is 6.54 Å². The molecular weight excluding hydrogens is 330 g/mol.